The molecule has 0 heterocycles. The minimum Gasteiger partial charge on any atom is -0.443 e. The van der Waals surface area contributed by atoms with Crippen LogP contribution in [0.5, 0.6) is 0 Å². The van der Waals surface area contributed by atoms with Crippen molar-refractivity contribution >= 4 is 21.8 Å². The van der Waals surface area contributed by atoms with Gasteiger partial charge in [0.15, 0.2) is 4.90 Å². The standard InChI is InChI=1S/C18H20N2O6S/c1-18(2,3)26-17(21)19-27(24,25)15-11-7-10-14(16(15)20(22)23)12-13-8-5-4-6-9-13/h4-11H,12H2,1-3H3,(H,19,21). The summed E-state index contributed by atoms with van der Waals surface area (Å²) in [7, 11) is -4.49. The fourth-order valence-corrected chi connectivity index (χ4v) is 3.50. The Balaban J connectivity index is 2.42. The first-order valence-corrected chi connectivity index (χ1v) is 9.54. The summed E-state index contributed by atoms with van der Waals surface area (Å²) in [6, 6.07) is 12.9. The maximum absolute atomic E-state index is 12.5. The molecule has 0 aliphatic heterocycles. The van der Waals surface area contributed by atoms with Gasteiger partial charge in [-0.25, -0.2) is 17.9 Å². The van der Waals surface area contributed by atoms with Crippen molar-refractivity contribution in [2.24, 2.45) is 0 Å². The number of nitro groups is 1. The molecule has 2 rings (SSSR count). The highest BCUT2D eigenvalue weighted by atomic mass is 32.2. The van der Waals surface area contributed by atoms with Gasteiger partial charge in [-0.05, 0) is 32.4 Å². The van der Waals surface area contributed by atoms with E-state index in [0.29, 0.717) is 0 Å². The second kappa shape index (κ2) is 7.75. The number of nitro benzene ring substituents is 1. The fourth-order valence-electron chi connectivity index (χ4n) is 2.41. The first kappa shape index (κ1) is 20.4. The number of carbonyl (C=O) groups excluding carboxylic acids is 1. The Hall–Kier alpha value is -2.94. The molecule has 8 nitrogen and oxygen atoms in total. The van der Waals surface area contributed by atoms with Crippen LogP contribution < -0.4 is 4.72 Å². The number of hydrogen-bond acceptors (Lipinski definition) is 6. The van der Waals surface area contributed by atoms with Crippen LogP contribution in [0.1, 0.15) is 31.9 Å². The van der Waals surface area contributed by atoms with Crippen LogP contribution >= 0.6 is 0 Å². The van der Waals surface area contributed by atoms with Gasteiger partial charge in [0.2, 0.25) is 0 Å². The molecule has 0 atom stereocenters. The largest absolute Gasteiger partial charge is 0.443 e. The lowest BCUT2D eigenvalue weighted by Gasteiger charge is -2.19. The first-order chi connectivity index (χ1) is 12.5. The van der Waals surface area contributed by atoms with Gasteiger partial charge in [0, 0.05) is 12.0 Å². The highest BCUT2D eigenvalue weighted by Gasteiger charge is 2.31. The molecule has 0 aliphatic rings. The summed E-state index contributed by atoms with van der Waals surface area (Å²) >= 11 is 0. The Labute approximate surface area is 157 Å². The highest BCUT2D eigenvalue weighted by molar-refractivity contribution is 7.90. The molecule has 0 aliphatic carbocycles. The average molecular weight is 392 g/mol. The Morgan fingerprint density at radius 1 is 1.11 bits per heavy atom. The summed E-state index contributed by atoms with van der Waals surface area (Å²) in [4.78, 5) is 22.1. The second-order valence-corrected chi connectivity index (χ2v) is 8.44. The van der Waals surface area contributed by atoms with E-state index in [2.05, 4.69) is 0 Å². The molecule has 0 bridgehead atoms. The highest BCUT2D eigenvalue weighted by Crippen LogP contribution is 2.29. The molecular formula is C18H20N2O6S. The van der Waals surface area contributed by atoms with Crippen molar-refractivity contribution in [1.29, 1.82) is 0 Å². The van der Waals surface area contributed by atoms with Gasteiger partial charge in [0.1, 0.15) is 5.60 Å². The van der Waals surface area contributed by atoms with Gasteiger partial charge in [-0.3, -0.25) is 10.1 Å². The maximum Gasteiger partial charge on any atom is 0.421 e. The van der Waals surface area contributed by atoms with Crippen molar-refractivity contribution in [3.63, 3.8) is 0 Å². The summed E-state index contributed by atoms with van der Waals surface area (Å²) < 4.78 is 31.7. The number of sulfonamides is 1. The number of benzene rings is 2. The van der Waals surface area contributed by atoms with E-state index >= 15 is 0 Å². The summed E-state index contributed by atoms with van der Waals surface area (Å²) in [5.74, 6) is 0. The lowest BCUT2D eigenvalue weighted by molar-refractivity contribution is -0.388. The minimum absolute atomic E-state index is 0.174. The van der Waals surface area contributed by atoms with E-state index in [9.17, 15) is 23.3 Å². The first-order valence-electron chi connectivity index (χ1n) is 8.05. The molecule has 144 valence electrons. The third-order valence-corrected chi connectivity index (χ3v) is 4.75. The zero-order valence-corrected chi connectivity index (χ0v) is 15.9. The number of ether oxygens (including phenoxy) is 1. The summed E-state index contributed by atoms with van der Waals surface area (Å²) in [6.07, 6.45) is -1.03. The molecule has 0 aromatic heterocycles. The van der Waals surface area contributed by atoms with E-state index in [1.165, 1.54) is 12.1 Å². The van der Waals surface area contributed by atoms with E-state index in [1.807, 2.05) is 6.07 Å². The van der Waals surface area contributed by atoms with Crippen LogP contribution in [0.25, 0.3) is 0 Å². The molecule has 2 aromatic rings. The number of para-hydroxylation sites is 1. The molecule has 0 spiro atoms. The molecule has 1 amide bonds. The number of amides is 1. The Morgan fingerprint density at radius 2 is 1.74 bits per heavy atom. The quantitative estimate of drug-likeness (QED) is 0.616. The monoisotopic (exact) mass is 392 g/mol. The van der Waals surface area contributed by atoms with Crippen molar-refractivity contribution in [3.05, 3.63) is 69.8 Å². The van der Waals surface area contributed by atoms with Gasteiger partial charge in [-0.2, -0.15) is 0 Å². The molecule has 9 heteroatoms. The van der Waals surface area contributed by atoms with Gasteiger partial charge in [-0.15, -0.1) is 0 Å². The Bertz CT molecular complexity index is 950. The molecule has 0 unspecified atom stereocenters. The third kappa shape index (κ3) is 5.52. The summed E-state index contributed by atoms with van der Waals surface area (Å²) in [5.41, 5.74) is -0.480. The van der Waals surface area contributed by atoms with Crippen LogP contribution in [0.15, 0.2) is 53.4 Å². The normalized spacial score (nSPS) is 11.7. The predicted molar refractivity (Wildman–Crippen MR) is 98.9 cm³/mol. The van der Waals surface area contributed by atoms with Crippen molar-refractivity contribution in [2.75, 3.05) is 0 Å². The SMILES string of the molecule is CC(C)(C)OC(=O)NS(=O)(=O)c1cccc(Cc2ccccc2)c1[N+](=O)[O-]. The van der Waals surface area contributed by atoms with Gasteiger partial charge in [0.25, 0.3) is 15.7 Å². The number of carbonyl (C=O) groups is 1. The van der Waals surface area contributed by atoms with E-state index in [4.69, 9.17) is 4.74 Å². The number of rotatable bonds is 5. The van der Waals surface area contributed by atoms with Crippen LogP contribution in [-0.2, 0) is 21.2 Å². The van der Waals surface area contributed by atoms with Crippen LogP contribution in [-0.4, -0.2) is 25.0 Å². The van der Waals surface area contributed by atoms with E-state index in [0.717, 1.165) is 11.6 Å². The molecule has 0 radical (unpaired) electrons. The Morgan fingerprint density at radius 3 is 2.30 bits per heavy atom. The number of hydrogen-bond donors (Lipinski definition) is 1. The topological polar surface area (TPSA) is 116 Å². The van der Waals surface area contributed by atoms with E-state index < -0.39 is 37.2 Å². The Kier molecular flexibility index (Phi) is 5.85. The van der Waals surface area contributed by atoms with Gasteiger partial charge < -0.3 is 4.74 Å². The van der Waals surface area contributed by atoms with Gasteiger partial charge >= 0.3 is 6.09 Å². The fraction of sp³-hybridized carbons (Fsp3) is 0.278. The van der Waals surface area contributed by atoms with E-state index in [1.54, 1.807) is 49.8 Å². The van der Waals surface area contributed by atoms with Crippen molar-refractivity contribution in [2.45, 2.75) is 37.7 Å². The summed E-state index contributed by atoms with van der Waals surface area (Å²) in [6.45, 7) is 4.71. The van der Waals surface area contributed by atoms with Crippen LogP contribution in [0, 0.1) is 10.1 Å². The molecular weight excluding hydrogens is 372 g/mol. The number of nitrogens with zero attached hydrogens (tertiary/aromatic N) is 1. The van der Waals surface area contributed by atoms with Crippen molar-refractivity contribution in [1.82, 2.24) is 4.72 Å². The zero-order valence-electron chi connectivity index (χ0n) is 15.1. The minimum atomic E-state index is -4.49. The maximum atomic E-state index is 12.5. The lowest BCUT2D eigenvalue weighted by Crippen LogP contribution is -2.36. The second-order valence-electron chi connectivity index (χ2n) is 6.79. The van der Waals surface area contributed by atoms with Crippen molar-refractivity contribution < 1.29 is 22.9 Å². The van der Waals surface area contributed by atoms with Crippen LogP contribution in [0.2, 0.25) is 0 Å². The van der Waals surface area contributed by atoms with Crippen LogP contribution in [0.4, 0.5) is 10.5 Å². The van der Waals surface area contributed by atoms with Gasteiger partial charge in [0.05, 0.1) is 4.92 Å². The van der Waals surface area contributed by atoms with E-state index in [-0.39, 0.29) is 12.0 Å². The molecule has 2 aromatic carbocycles. The molecule has 27 heavy (non-hydrogen) atoms. The molecule has 0 saturated carbocycles. The summed E-state index contributed by atoms with van der Waals surface area (Å²) in [5, 5.41) is 11.6. The third-order valence-electron chi connectivity index (χ3n) is 3.41. The smallest absolute Gasteiger partial charge is 0.421 e. The van der Waals surface area contributed by atoms with Crippen molar-refractivity contribution in [3.8, 4) is 0 Å². The molecule has 0 fully saturated rings. The lowest BCUT2D eigenvalue weighted by atomic mass is 10.0. The molecule has 1 N–H and O–H groups in total. The average Bonchev–Trinajstić information content (AvgIpc) is 2.53. The van der Waals surface area contributed by atoms with Gasteiger partial charge in [-0.1, -0.05) is 42.5 Å². The molecule has 0 saturated heterocycles. The number of nitrogens with one attached hydrogen (secondary N) is 1. The predicted octanol–water partition coefficient (Wildman–Crippen LogP) is 3.40. The van der Waals surface area contributed by atoms with Crippen LogP contribution in [0.3, 0.4) is 0 Å². The zero-order chi connectivity index (χ0) is 20.2.